The molecule has 5 rings (SSSR count). The zero-order chi connectivity index (χ0) is 24.7. The molecule has 0 radical (unpaired) electrons. The largest absolute Gasteiger partial charge is 0.271 e. The van der Waals surface area contributed by atoms with E-state index in [0.29, 0.717) is 19.5 Å². The molecule has 7 nitrogen and oxygen atoms in total. The first-order chi connectivity index (χ1) is 16.8. The molecule has 1 atom stereocenters. The van der Waals surface area contributed by atoms with Crippen LogP contribution in [0.2, 0.25) is 0 Å². The quantitative estimate of drug-likeness (QED) is 0.381. The summed E-state index contributed by atoms with van der Waals surface area (Å²) in [5.41, 5.74) is 5.03. The third-order valence-electron chi connectivity index (χ3n) is 6.52. The highest BCUT2D eigenvalue weighted by Gasteiger charge is 2.33. The van der Waals surface area contributed by atoms with Gasteiger partial charge in [-0.2, -0.15) is 14.5 Å². The summed E-state index contributed by atoms with van der Waals surface area (Å²) in [6.45, 7) is 7.02. The second-order valence-electron chi connectivity index (χ2n) is 9.06. The summed E-state index contributed by atoms with van der Waals surface area (Å²) in [6, 6.07) is 10.3. The van der Waals surface area contributed by atoms with Crippen molar-refractivity contribution in [1.29, 1.82) is 0 Å². The zero-order valence-corrected chi connectivity index (χ0v) is 20.8. The maximum atomic E-state index is 13.3. The Balaban J connectivity index is 1.43. The molecule has 0 amide bonds. The van der Waals surface area contributed by atoms with Gasteiger partial charge in [0, 0.05) is 30.7 Å². The molecule has 1 aliphatic rings. The van der Waals surface area contributed by atoms with Gasteiger partial charge in [0.1, 0.15) is 10.7 Å². The molecule has 1 aliphatic heterocycles. The lowest BCUT2D eigenvalue weighted by Crippen LogP contribution is -2.41. The number of hydrogen-bond donors (Lipinski definition) is 0. The number of halogens is 1. The minimum atomic E-state index is -3.62. The van der Waals surface area contributed by atoms with E-state index in [1.807, 2.05) is 26.8 Å². The molecular weight excluding hydrogens is 465 g/mol. The third kappa shape index (κ3) is 4.30. The first-order valence-corrected chi connectivity index (χ1v) is 13.2. The predicted molar refractivity (Wildman–Crippen MR) is 134 cm³/mol. The van der Waals surface area contributed by atoms with Gasteiger partial charge in [-0.15, -0.1) is 0 Å². The molecule has 0 aliphatic carbocycles. The lowest BCUT2D eigenvalue weighted by molar-refractivity contribution is 0.357. The molecule has 0 N–H and O–H groups in total. The first kappa shape index (κ1) is 23.4. The lowest BCUT2D eigenvalue weighted by atomic mass is 9.92. The maximum Gasteiger partial charge on any atom is 0.246 e. The average Bonchev–Trinajstić information content (AvgIpc) is 3.47. The second-order valence-corrected chi connectivity index (χ2v) is 10.9. The van der Waals surface area contributed by atoms with Gasteiger partial charge in [-0.05, 0) is 79.8 Å². The molecule has 2 aromatic carbocycles. The van der Waals surface area contributed by atoms with Crippen LogP contribution in [0.5, 0.6) is 0 Å². The van der Waals surface area contributed by atoms with Crippen molar-refractivity contribution in [3.63, 3.8) is 0 Å². The van der Waals surface area contributed by atoms with E-state index in [2.05, 4.69) is 22.3 Å². The molecule has 35 heavy (non-hydrogen) atoms. The van der Waals surface area contributed by atoms with Crippen LogP contribution in [0.3, 0.4) is 0 Å². The summed E-state index contributed by atoms with van der Waals surface area (Å²) in [5.74, 6) is -0.284. The van der Waals surface area contributed by atoms with Gasteiger partial charge in [-0.3, -0.25) is 4.68 Å². The van der Waals surface area contributed by atoms with E-state index in [-0.39, 0.29) is 16.8 Å². The van der Waals surface area contributed by atoms with Crippen LogP contribution in [0.4, 0.5) is 4.39 Å². The van der Waals surface area contributed by atoms with Crippen LogP contribution in [-0.2, 0) is 16.6 Å². The van der Waals surface area contributed by atoms with Crippen molar-refractivity contribution in [3.8, 4) is 5.69 Å². The lowest BCUT2D eigenvalue weighted by Gasteiger charge is -2.32. The minimum absolute atomic E-state index is 0.188. The number of rotatable bonds is 6. The van der Waals surface area contributed by atoms with Crippen molar-refractivity contribution >= 4 is 26.5 Å². The van der Waals surface area contributed by atoms with Gasteiger partial charge in [0.15, 0.2) is 0 Å². The fourth-order valence-corrected chi connectivity index (χ4v) is 6.24. The molecule has 0 spiro atoms. The van der Waals surface area contributed by atoms with Crippen LogP contribution in [0.15, 0.2) is 66.0 Å². The Labute approximate surface area is 204 Å². The monoisotopic (exact) mass is 493 g/mol. The van der Waals surface area contributed by atoms with Gasteiger partial charge in [0.05, 0.1) is 23.6 Å². The molecule has 0 bridgehead atoms. The summed E-state index contributed by atoms with van der Waals surface area (Å²) in [7, 11) is -3.62. The topological polar surface area (TPSA) is 73.0 Å². The van der Waals surface area contributed by atoms with Crippen LogP contribution in [0, 0.1) is 12.7 Å². The molecule has 2 aromatic heterocycles. The highest BCUT2D eigenvalue weighted by atomic mass is 32.2. The number of aryl methyl sites for hydroxylation is 2. The summed E-state index contributed by atoms with van der Waals surface area (Å²) >= 11 is 0. The minimum Gasteiger partial charge on any atom is -0.271 e. The zero-order valence-electron chi connectivity index (χ0n) is 20.0. The smallest absolute Gasteiger partial charge is 0.246 e. The molecule has 0 saturated heterocycles. The van der Waals surface area contributed by atoms with Crippen LogP contribution in [-0.4, -0.2) is 44.9 Å². The van der Waals surface area contributed by atoms with Crippen LogP contribution < -0.4 is 0 Å². The normalized spacial score (nSPS) is 17.1. The molecule has 182 valence electrons. The number of benzene rings is 2. The third-order valence-corrected chi connectivity index (χ3v) is 8.46. The molecule has 0 fully saturated rings. The summed E-state index contributed by atoms with van der Waals surface area (Å²) in [4.78, 5) is 0.237. The first-order valence-electron chi connectivity index (χ1n) is 11.8. The number of hydrogen-bond acceptors (Lipinski definition) is 4. The van der Waals surface area contributed by atoms with Gasteiger partial charge >= 0.3 is 0 Å². The van der Waals surface area contributed by atoms with Crippen LogP contribution >= 0.6 is 0 Å². The second kappa shape index (κ2) is 9.05. The fourth-order valence-electron chi connectivity index (χ4n) is 4.72. The Morgan fingerprint density at radius 2 is 1.89 bits per heavy atom. The fraction of sp³-hybridized carbons (Fsp3) is 0.308. The molecule has 4 aromatic rings. The summed E-state index contributed by atoms with van der Waals surface area (Å²) < 4.78 is 44.9. The van der Waals surface area contributed by atoms with Crippen molar-refractivity contribution in [2.24, 2.45) is 0 Å². The van der Waals surface area contributed by atoms with Gasteiger partial charge in [-0.25, -0.2) is 17.5 Å². The van der Waals surface area contributed by atoms with Crippen LogP contribution in [0.25, 0.3) is 22.2 Å². The molecule has 9 heteroatoms. The van der Waals surface area contributed by atoms with E-state index in [0.717, 1.165) is 39.7 Å². The Hall–Kier alpha value is -3.30. The number of fused-ring (bicyclic) bond motifs is 1. The molecule has 0 saturated carbocycles. The molecular formula is C26H28FN5O2S. The Bertz CT molecular complexity index is 1520. The van der Waals surface area contributed by atoms with E-state index in [9.17, 15) is 12.8 Å². The number of aromatic nitrogens is 4. The predicted octanol–water partition coefficient (Wildman–Crippen LogP) is 4.95. The number of nitrogens with zero attached hydrogens (tertiary/aromatic N) is 5. The Kier molecular flexibility index (Phi) is 6.06. The average molecular weight is 494 g/mol. The summed E-state index contributed by atoms with van der Waals surface area (Å²) in [6.07, 6.45) is 8.36. The highest BCUT2D eigenvalue weighted by molar-refractivity contribution is 7.89. The molecule has 3 heterocycles. The van der Waals surface area contributed by atoms with E-state index >= 15 is 0 Å². The number of sulfonamides is 1. The van der Waals surface area contributed by atoms with E-state index < -0.39 is 10.0 Å². The Morgan fingerprint density at radius 3 is 2.60 bits per heavy atom. The van der Waals surface area contributed by atoms with Crippen molar-refractivity contribution in [3.05, 3.63) is 78.0 Å². The van der Waals surface area contributed by atoms with Gasteiger partial charge in [0.25, 0.3) is 0 Å². The maximum absolute atomic E-state index is 13.3. The molecule has 0 unspecified atom stereocenters. The van der Waals surface area contributed by atoms with E-state index in [4.69, 9.17) is 0 Å². The van der Waals surface area contributed by atoms with Gasteiger partial charge < -0.3 is 0 Å². The van der Waals surface area contributed by atoms with Crippen LogP contribution in [0.1, 0.15) is 37.8 Å². The van der Waals surface area contributed by atoms with Gasteiger partial charge in [-0.1, -0.05) is 13.0 Å². The van der Waals surface area contributed by atoms with E-state index in [1.165, 1.54) is 18.3 Å². The standard InChI is InChI=1S/C26H28FN5O2S/c1-4-10-30-17-24(16-28-30)35(33,34)31-11-9-20(13-19(31)3)25-14-21-15-29-32(26(21)12-18(25)2)23-7-5-22(27)6-8-23/h5-9,12,14-17,19H,4,10-11,13H2,1-3H3/t19-/m1/s1. The van der Waals surface area contributed by atoms with Crippen molar-refractivity contribution in [1.82, 2.24) is 23.9 Å². The van der Waals surface area contributed by atoms with E-state index in [1.54, 1.807) is 38.2 Å². The van der Waals surface area contributed by atoms with Crippen molar-refractivity contribution in [2.75, 3.05) is 6.54 Å². The van der Waals surface area contributed by atoms with Gasteiger partial charge in [0.2, 0.25) is 10.0 Å². The summed E-state index contributed by atoms with van der Waals surface area (Å²) in [5, 5.41) is 9.68. The highest BCUT2D eigenvalue weighted by Crippen LogP contribution is 2.34. The van der Waals surface area contributed by atoms with Crippen molar-refractivity contribution < 1.29 is 12.8 Å². The van der Waals surface area contributed by atoms with Crippen molar-refractivity contribution in [2.45, 2.75) is 51.1 Å². The SMILES string of the molecule is CCCn1cc(S(=O)(=O)N2CC=C(c3cc4cnn(-c5ccc(F)cc5)c4cc3C)C[C@H]2C)cn1. The Morgan fingerprint density at radius 1 is 1.11 bits per heavy atom.